The standard InChI is InChI=1S/C68H84FN11O9S/c1-10-43-12-11-13-46-28-51(86-38-85-9)30-52(58(43)46)60-59(69)61-53(32-70-60)63(78-34-47-18-19-48(35-78)80(47)67(84)88-68(6,7)8)74-66(73-61)87-50-22-24-76(25-23-50)33-42-20-26-77(27-21-42)56-31-55(89-75-56)57(39(2)3)65(83)79-36-49(81)29-54(79)64(82)72-40(4)44-14-16-45(17-15-44)62-41(5)71-37-90-62/h11-17,28,30-32,37,39-40,42,47-50,54,57,81H,10,18-27,29,33-36,38H2,1-9H3,(H,72,82)/t40?,47?,48?,49-,54+,57-/m1/s1. The van der Waals surface area contributed by atoms with Gasteiger partial charge in [-0.15, -0.1) is 11.3 Å². The van der Waals surface area contributed by atoms with Gasteiger partial charge in [0.15, 0.2) is 24.2 Å². The van der Waals surface area contributed by atoms with Crippen LogP contribution in [0.25, 0.3) is 43.4 Å². The number of fused-ring (bicyclic) bond motifs is 4. The van der Waals surface area contributed by atoms with Crippen LogP contribution in [0.2, 0.25) is 0 Å². The Balaban J connectivity index is 0.693. The molecule has 2 N–H and O–H groups in total. The van der Waals surface area contributed by atoms with E-state index in [1.54, 1.807) is 24.6 Å². The van der Waals surface area contributed by atoms with E-state index in [1.807, 2.05) is 113 Å². The van der Waals surface area contributed by atoms with Gasteiger partial charge in [0.2, 0.25) is 11.8 Å². The minimum atomic E-state index is -0.836. The molecule has 3 amide bonds. The first-order chi connectivity index (χ1) is 43.3. The fourth-order valence-corrected chi connectivity index (χ4v) is 14.9. The van der Waals surface area contributed by atoms with Crippen molar-refractivity contribution >= 4 is 62.6 Å². The maximum atomic E-state index is 17.8. The van der Waals surface area contributed by atoms with Gasteiger partial charge in [-0.1, -0.05) is 68.4 Å². The number of anilines is 2. The molecule has 7 aromatic rings. The average molecular weight is 1250 g/mol. The number of ether oxygens (including phenoxy) is 4. The minimum Gasteiger partial charge on any atom is -0.468 e. The minimum absolute atomic E-state index is 0.0239. The number of hydrogen-bond donors (Lipinski definition) is 2. The van der Waals surface area contributed by atoms with E-state index in [1.165, 1.54) is 4.90 Å². The zero-order valence-electron chi connectivity index (χ0n) is 53.1. The van der Waals surface area contributed by atoms with Gasteiger partial charge in [0.05, 0.1) is 45.7 Å². The van der Waals surface area contributed by atoms with E-state index < -0.39 is 29.5 Å². The van der Waals surface area contributed by atoms with E-state index >= 15 is 4.39 Å². The number of carbonyl (C=O) groups excluding carboxylic acids is 3. The molecule has 9 heterocycles. The molecule has 12 rings (SSSR count). The highest BCUT2D eigenvalue weighted by molar-refractivity contribution is 7.13. The first kappa shape index (κ1) is 62.7. The number of rotatable bonds is 18. The Morgan fingerprint density at radius 3 is 2.32 bits per heavy atom. The van der Waals surface area contributed by atoms with Crippen LogP contribution in [-0.2, 0) is 25.5 Å². The number of aliphatic hydroxyl groups is 1. The van der Waals surface area contributed by atoms with Gasteiger partial charge in [-0.2, -0.15) is 9.97 Å². The van der Waals surface area contributed by atoms with Crippen molar-refractivity contribution in [2.45, 2.75) is 155 Å². The number of halogens is 1. The summed E-state index contributed by atoms with van der Waals surface area (Å²) < 4.78 is 47.6. The second kappa shape index (κ2) is 26.4. The molecule has 90 heavy (non-hydrogen) atoms. The van der Waals surface area contributed by atoms with Crippen LogP contribution in [0.15, 0.2) is 76.9 Å². The average Bonchev–Trinajstić information content (AvgIpc) is 0.920. The predicted molar refractivity (Wildman–Crippen MR) is 343 cm³/mol. The second-order valence-electron chi connectivity index (χ2n) is 26.5. The number of carbonyl (C=O) groups is 3. The molecule has 4 aromatic heterocycles. The van der Waals surface area contributed by atoms with Crippen LogP contribution in [0.4, 0.5) is 20.8 Å². The highest BCUT2D eigenvalue weighted by Crippen LogP contribution is 2.42. The molecule has 3 aromatic carbocycles. The Morgan fingerprint density at radius 1 is 0.900 bits per heavy atom. The van der Waals surface area contributed by atoms with Crippen molar-refractivity contribution in [3.8, 4) is 33.5 Å². The Bertz CT molecular complexity index is 3710. The zero-order chi connectivity index (χ0) is 63.1. The predicted octanol–water partition coefficient (Wildman–Crippen LogP) is 10.9. The van der Waals surface area contributed by atoms with E-state index in [9.17, 15) is 19.5 Å². The lowest BCUT2D eigenvalue weighted by Crippen LogP contribution is -2.57. The number of nitrogens with one attached hydrogen (secondary N) is 1. The summed E-state index contributed by atoms with van der Waals surface area (Å²) in [6.07, 6.45) is 6.17. The number of methoxy groups -OCH3 is 1. The molecule has 0 aliphatic carbocycles. The van der Waals surface area contributed by atoms with Crippen molar-refractivity contribution in [3.05, 3.63) is 101 Å². The van der Waals surface area contributed by atoms with Gasteiger partial charge in [0, 0.05) is 83.7 Å². The second-order valence-corrected chi connectivity index (χ2v) is 27.3. The number of piperidine rings is 2. The van der Waals surface area contributed by atoms with Gasteiger partial charge in [0.1, 0.15) is 46.4 Å². The lowest BCUT2D eigenvalue weighted by molar-refractivity contribution is -0.141. The summed E-state index contributed by atoms with van der Waals surface area (Å²) in [7, 11) is 1.56. The zero-order valence-corrected chi connectivity index (χ0v) is 53.9. The van der Waals surface area contributed by atoms with Crippen LogP contribution in [0.1, 0.15) is 128 Å². The third kappa shape index (κ3) is 13.2. The smallest absolute Gasteiger partial charge is 0.410 e. The summed E-state index contributed by atoms with van der Waals surface area (Å²) in [5.41, 5.74) is 6.04. The van der Waals surface area contributed by atoms with Gasteiger partial charge in [-0.25, -0.2) is 14.2 Å². The van der Waals surface area contributed by atoms with Crippen molar-refractivity contribution in [2.24, 2.45) is 11.8 Å². The molecule has 0 radical (unpaired) electrons. The van der Waals surface area contributed by atoms with E-state index in [4.69, 9.17) is 38.4 Å². The lowest BCUT2D eigenvalue weighted by atomic mass is 9.91. The quantitative estimate of drug-likeness (QED) is 0.0764. The van der Waals surface area contributed by atoms with Crippen molar-refractivity contribution < 1.29 is 47.4 Å². The van der Waals surface area contributed by atoms with Crippen molar-refractivity contribution in [1.82, 2.24) is 45.1 Å². The monoisotopic (exact) mass is 1250 g/mol. The number of likely N-dealkylation sites (tertiary alicyclic amines) is 2. The van der Waals surface area contributed by atoms with Crippen LogP contribution in [-0.4, -0.2) is 165 Å². The van der Waals surface area contributed by atoms with Gasteiger partial charge in [-0.05, 0) is 131 Å². The molecular weight excluding hydrogens is 1170 g/mol. The molecule has 0 saturated carbocycles. The summed E-state index contributed by atoms with van der Waals surface area (Å²) in [6, 6.07) is 18.4. The number of hydrogen-bond acceptors (Lipinski definition) is 18. The van der Waals surface area contributed by atoms with Crippen LogP contribution >= 0.6 is 11.3 Å². The molecule has 5 aliphatic heterocycles. The summed E-state index contributed by atoms with van der Waals surface area (Å²) >= 11 is 1.59. The van der Waals surface area contributed by atoms with E-state index in [0.717, 1.165) is 116 Å². The third-order valence-corrected chi connectivity index (χ3v) is 19.7. The molecule has 478 valence electrons. The van der Waals surface area contributed by atoms with Crippen LogP contribution in [0.3, 0.4) is 0 Å². The fraction of sp³-hybridized carbons (Fsp3) is 0.529. The van der Waals surface area contributed by atoms with Gasteiger partial charge in [0.25, 0.3) is 0 Å². The highest BCUT2D eigenvalue weighted by Gasteiger charge is 2.46. The molecule has 5 saturated heterocycles. The molecule has 5 fully saturated rings. The van der Waals surface area contributed by atoms with Crippen LogP contribution < -0.4 is 24.6 Å². The lowest BCUT2D eigenvalue weighted by Gasteiger charge is -2.42. The molecule has 2 bridgehead atoms. The topological polar surface area (TPSA) is 214 Å². The Kier molecular flexibility index (Phi) is 18.4. The van der Waals surface area contributed by atoms with Crippen molar-refractivity contribution in [1.29, 1.82) is 0 Å². The number of aliphatic hydroxyl groups excluding tert-OH is 1. The molecular formula is C68H84FN11O9S. The first-order valence-corrected chi connectivity index (χ1v) is 32.9. The number of thiazole rings is 1. The van der Waals surface area contributed by atoms with Gasteiger partial charge < -0.3 is 53.5 Å². The van der Waals surface area contributed by atoms with Gasteiger partial charge in [-0.3, -0.25) is 19.5 Å². The Hall–Kier alpha value is -7.53. The largest absolute Gasteiger partial charge is 0.468 e. The number of amides is 3. The molecule has 22 heteroatoms. The number of aromatic nitrogens is 5. The molecule has 20 nitrogen and oxygen atoms in total. The SMILES string of the molecule is CCc1cccc2cc(OCOC)cc(-c3ncc4c(N5CC6CCC(C5)N6C(=O)OC(C)(C)C)nc(OC5CCN(CC6CCN(c7cc([C@H](C(=O)N8C[C@H](O)C[C@H]8C(=O)NC(C)c8ccc(-c9scnc9C)cc8)C(C)C)on7)CC6)CC5)nc4c3F)c12. The molecule has 5 aliphatic rings. The maximum absolute atomic E-state index is 17.8. The fourth-order valence-electron chi connectivity index (χ4n) is 14.1. The summed E-state index contributed by atoms with van der Waals surface area (Å²) in [5, 5.41) is 20.7. The number of piperazine rings is 1. The van der Waals surface area contributed by atoms with Crippen molar-refractivity contribution in [2.75, 3.05) is 76.1 Å². The number of β-amino-alcohol motifs (C(OH)–C–C–N with tert-alkyl or cyclic N) is 1. The van der Waals surface area contributed by atoms with E-state index in [-0.39, 0.29) is 85.0 Å². The van der Waals surface area contributed by atoms with Crippen LogP contribution in [0, 0.1) is 24.6 Å². The first-order valence-electron chi connectivity index (χ1n) is 32.0. The normalized spacial score (nSPS) is 21.0. The van der Waals surface area contributed by atoms with Crippen molar-refractivity contribution in [3.63, 3.8) is 0 Å². The number of aryl methyl sites for hydroxylation is 2. The summed E-state index contributed by atoms with van der Waals surface area (Å²) in [4.78, 5) is 72.6. The summed E-state index contributed by atoms with van der Waals surface area (Å²) in [5.74, 6) is 0.587. The number of benzene rings is 3. The molecule has 6 atom stereocenters. The number of pyridine rings is 1. The van der Waals surface area contributed by atoms with Crippen LogP contribution in [0.5, 0.6) is 11.8 Å². The van der Waals surface area contributed by atoms with E-state index in [2.05, 4.69) is 43.1 Å². The van der Waals surface area contributed by atoms with Gasteiger partial charge >= 0.3 is 12.1 Å². The van der Waals surface area contributed by atoms with E-state index in [0.29, 0.717) is 53.1 Å². The molecule has 0 spiro atoms. The Morgan fingerprint density at radius 2 is 1.64 bits per heavy atom. The maximum Gasteiger partial charge on any atom is 0.410 e. The third-order valence-electron chi connectivity index (χ3n) is 18.7. The highest BCUT2D eigenvalue weighted by atomic mass is 32.1. The molecule has 3 unspecified atom stereocenters. The summed E-state index contributed by atoms with van der Waals surface area (Å²) in [6.45, 7) is 20.7. The Labute approximate surface area is 529 Å². The number of nitrogens with zero attached hydrogens (tertiary/aromatic N) is 10.